The van der Waals surface area contributed by atoms with Crippen molar-refractivity contribution in [2.45, 2.75) is 19.3 Å². The monoisotopic (exact) mass is 233 g/mol. The summed E-state index contributed by atoms with van der Waals surface area (Å²) in [5.74, 6) is -1.11. The number of piperidine rings is 1. The normalized spacial score (nSPS) is 24.5. The lowest BCUT2D eigenvalue weighted by Gasteiger charge is -2.30. The van der Waals surface area contributed by atoms with E-state index >= 15 is 0 Å². The number of carbonyl (C=O) groups is 1. The Morgan fingerprint density at radius 3 is 2.82 bits per heavy atom. The number of quaternary nitrogens is 1. The van der Waals surface area contributed by atoms with E-state index < -0.39 is 5.97 Å². The maximum atomic E-state index is 10.8. The zero-order valence-electron chi connectivity index (χ0n) is 10.0. The fourth-order valence-corrected chi connectivity index (χ4v) is 2.55. The van der Waals surface area contributed by atoms with Crippen LogP contribution in [0.3, 0.4) is 0 Å². The van der Waals surface area contributed by atoms with Gasteiger partial charge in [-0.1, -0.05) is 30.3 Å². The van der Waals surface area contributed by atoms with Crippen molar-refractivity contribution in [3.05, 3.63) is 35.9 Å². The zero-order valence-corrected chi connectivity index (χ0v) is 10.0. The Labute approximate surface area is 102 Å². The number of carboxylic acids is 1. The predicted octanol–water partition coefficient (Wildman–Crippen LogP) is -0.726. The molecule has 1 fully saturated rings. The molecule has 2 rings (SSSR count). The molecular weight excluding hydrogens is 214 g/mol. The van der Waals surface area contributed by atoms with Gasteiger partial charge in [-0.3, -0.25) is 0 Å². The minimum atomic E-state index is -0.873. The topological polar surface area (TPSA) is 44.6 Å². The molecule has 1 heterocycles. The Morgan fingerprint density at radius 1 is 1.35 bits per heavy atom. The van der Waals surface area contributed by atoms with Gasteiger partial charge in [0.25, 0.3) is 0 Å². The van der Waals surface area contributed by atoms with Gasteiger partial charge in [0, 0.05) is 12.3 Å². The first-order valence-electron chi connectivity index (χ1n) is 6.34. The van der Waals surface area contributed by atoms with E-state index in [4.69, 9.17) is 0 Å². The van der Waals surface area contributed by atoms with Crippen molar-refractivity contribution in [1.29, 1.82) is 0 Å². The molecule has 2 atom stereocenters. The van der Waals surface area contributed by atoms with Crippen LogP contribution in [0.2, 0.25) is 0 Å². The first-order valence-corrected chi connectivity index (χ1v) is 6.34. The van der Waals surface area contributed by atoms with E-state index in [0.29, 0.717) is 0 Å². The van der Waals surface area contributed by atoms with Crippen molar-refractivity contribution < 1.29 is 14.8 Å². The SMILES string of the molecule is O=C([O-])[C@@H]1CCC[NH+](CCc2ccccc2)C1. The molecule has 92 valence electrons. The van der Waals surface area contributed by atoms with E-state index in [-0.39, 0.29) is 5.92 Å². The Kier molecular flexibility index (Phi) is 4.15. The van der Waals surface area contributed by atoms with Gasteiger partial charge in [-0.05, 0) is 18.4 Å². The molecule has 0 aliphatic carbocycles. The molecule has 0 amide bonds. The number of aliphatic carboxylic acids is 1. The van der Waals surface area contributed by atoms with Crippen LogP contribution in [0.25, 0.3) is 0 Å². The molecular formula is C14H19NO2. The van der Waals surface area contributed by atoms with Crippen LogP contribution in [0.15, 0.2) is 30.3 Å². The van der Waals surface area contributed by atoms with Gasteiger partial charge >= 0.3 is 0 Å². The minimum absolute atomic E-state index is 0.241. The first kappa shape index (κ1) is 12.1. The summed E-state index contributed by atoms with van der Waals surface area (Å²) in [7, 11) is 0. The van der Waals surface area contributed by atoms with Crippen LogP contribution < -0.4 is 10.0 Å². The van der Waals surface area contributed by atoms with Crippen molar-refractivity contribution in [3.8, 4) is 0 Å². The lowest BCUT2D eigenvalue weighted by atomic mass is 9.98. The third-order valence-corrected chi connectivity index (χ3v) is 3.56. The highest BCUT2D eigenvalue weighted by atomic mass is 16.4. The standard InChI is InChI=1S/C14H19NO2/c16-14(17)13-7-4-9-15(11-13)10-8-12-5-2-1-3-6-12/h1-3,5-6,13H,4,7-11H2,(H,16,17)/t13-/m1/s1. The maximum Gasteiger partial charge on any atom is 0.0852 e. The van der Waals surface area contributed by atoms with Crippen molar-refractivity contribution >= 4 is 5.97 Å². The second-order valence-electron chi connectivity index (χ2n) is 4.85. The second-order valence-corrected chi connectivity index (χ2v) is 4.85. The number of hydrogen-bond acceptors (Lipinski definition) is 2. The fraction of sp³-hybridized carbons (Fsp3) is 0.500. The van der Waals surface area contributed by atoms with E-state index in [2.05, 4.69) is 12.1 Å². The predicted molar refractivity (Wildman–Crippen MR) is 63.4 cm³/mol. The van der Waals surface area contributed by atoms with E-state index in [1.54, 1.807) is 0 Å². The van der Waals surface area contributed by atoms with Crippen LogP contribution >= 0.6 is 0 Å². The third-order valence-electron chi connectivity index (χ3n) is 3.56. The van der Waals surface area contributed by atoms with Crippen LogP contribution in [0.4, 0.5) is 0 Å². The van der Waals surface area contributed by atoms with E-state index in [1.165, 1.54) is 10.5 Å². The van der Waals surface area contributed by atoms with Gasteiger partial charge < -0.3 is 14.8 Å². The number of likely N-dealkylation sites (tertiary alicyclic amines) is 1. The van der Waals surface area contributed by atoms with Gasteiger partial charge in [0.05, 0.1) is 25.6 Å². The lowest BCUT2D eigenvalue weighted by molar-refractivity contribution is -0.907. The van der Waals surface area contributed by atoms with Gasteiger partial charge in [-0.25, -0.2) is 0 Å². The Morgan fingerprint density at radius 2 is 2.12 bits per heavy atom. The molecule has 0 spiro atoms. The fourth-order valence-electron chi connectivity index (χ4n) is 2.55. The highest BCUT2D eigenvalue weighted by Gasteiger charge is 2.23. The van der Waals surface area contributed by atoms with Crippen LogP contribution in [0.1, 0.15) is 18.4 Å². The Bertz CT molecular complexity index is 364. The summed E-state index contributed by atoms with van der Waals surface area (Å²) in [5, 5.41) is 10.8. The number of nitrogens with one attached hydrogen (secondary N) is 1. The summed E-state index contributed by atoms with van der Waals surface area (Å²) in [6.07, 6.45) is 2.82. The summed E-state index contributed by atoms with van der Waals surface area (Å²) >= 11 is 0. The average molecular weight is 233 g/mol. The molecule has 1 aliphatic rings. The number of benzene rings is 1. The molecule has 3 nitrogen and oxygen atoms in total. The molecule has 1 saturated heterocycles. The number of carbonyl (C=O) groups excluding carboxylic acids is 1. The molecule has 0 bridgehead atoms. The van der Waals surface area contributed by atoms with Crippen LogP contribution in [0.5, 0.6) is 0 Å². The van der Waals surface area contributed by atoms with E-state index in [1.807, 2.05) is 18.2 Å². The van der Waals surface area contributed by atoms with Crippen LogP contribution in [0, 0.1) is 5.92 Å². The van der Waals surface area contributed by atoms with Crippen LogP contribution in [-0.4, -0.2) is 25.6 Å². The molecule has 17 heavy (non-hydrogen) atoms. The number of hydrogen-bond donors (Lipinski definition) is 1. The number of rotatable bonds is 4. The van der Waals surface area contributed by atoms with E-state index in [0.717, 1.165) is 38.9 Å². The molecule has 0 saturated carbocycles. The Hall–Kier alpha value is -1.35. The molecule has 0 radical (unpaired) electrons. The van der Waals surface area contributed by atoms with Crippen LogP contribution in [-0.2, 0) is 11.2 Å². The first-order chi connectivity index (χ1) is 8.25. The highest BCUT2D eigenvalue weighted by Crippen LogP contribution is 2.06. The largest absolute Gasteiger partial charge is 0.550 e. The highest BCUT2D eigenvalue weighted by molar-refractivity contribution is 5.67. The maximum absolute atomic E-state index is 10.8. The van der Waals surface area contributed by atoms with Crippen molar-refractivity contribution in [2.75, 3.05) is 19.6 Å². The van der Waals surface area contributed by atoms with Crippen molar-refractivity contribution in [3.63, 3.8) is 0 Å². The smallest absolute Gasteiger partial charge is 0.0852 e. The van der Waals surface area contributed by atoms with Gasteiger partial charge in [0.1, 0.15) is 0 Å². The zero-order chi connectivity index (χ0) is 12.1. The van der Waals surface area contributed by atoms with Crippen molar-refractivity contribution in [1.82, 2.24) is 0 Å². The van der Waals surface area contributed by atoms with Gasteiger partial charge in [-0.2, -0.15) is 0 Å². The molecule has 3 heteroatoms. The van der Waals surface area contributed by atoms with Gasteiger partial charge in [0.2, 0.25) is 0 Å². The molecule has 1 aliphatic heterocycles. The quantitative estimate of drug-likeness (QED) is 0.745. The lowest BCUT2D eigenvalue weighted by Crippen LogP contribution is -3.14. The summed E-state index contributed by atoms with van der Waals surface area (Å²) in [6.45, 7) is 2.85. The Balaban J connectivity index is 1.81. The van der Waals surface area contributed by atoms with Crippen molar-refractivity contribution in [2.24, 2.45) is 5.92 Å². The molecule has 1 aromatic rings. The summed E-state index contributed by atoms with van der Waals surface area (Å²) < 4.78 is 0. The summed E-state index contributed by atoms with van der Waals surface area (Å²) in [6, 6.07) is 10.4. The number of carboxylic acid groups (broad SMARTS) is 1. The third kappa shape index (κ3) is 3.56. The van der Waals surface area contributed by atoms with Gasteiger partial charge in [0.15, 0.2) is 0 Å². The average Bonchev–Trinajstić information content (AvgIpc) is 2.38. The molecule has 1 unspecified atom stereocenters. The van der Waals surface area contributed by atoms with Gasteiger partial charge in [-0.15, -0.1) is 0 Å². The molecule has 1 aromatic carbocycles. The molecule has 0 aromatic heterocycles. The summed E-state index contributed by atoms with van der Waals surface area (Å²) in [5.41, 5.74) is 1.33. The molecule has 1 N–H and O–H groups in total. The van der Waals surface area contributed by atoms with E-state index in [9.17, 15) is 9.90 Å². The second kappa shape index (κ2) is 5.82. The summed E-state index contributed by atoms with van der Waals surface area (Å²) in [4.78, 5) is 12.2. The minimum Gasteiger partial charge on any atom is -0.550 e.